The van der Waals surface area contributed by atoms with E-state index in [1.807, 2.05) is 38.6 Å². The van der Waals surface area contributed by atoms with E-state index in [4.69, 9.17) is 25.9 Å². The summed E-state index contributed by atoms with van der Waals surface area (Å²) in [6.45, 7) is 2.66. The van der Waals surface area contributed by atoms with Crippen LogP contribution in [0.15, 0.2) is 41.5 Å². The number of fused-ring (bicyclic) bond motifs is 12. The molecule has 4 saturated carbocycles. The van der Waals surface area contributed by atoms with Gasteiger partial charge in [-0.2, -0.15) is 0 Å². The van der Waals surface area contributed by atoms with Crippen molar-refractivity contribution >= 4 is 45.2 Å². The molecular weight excluding hydrogens is 881 g/mol. The number of allylic oxidation sites excluding steroid dienone is 1. The van der Waals surface area contributed by atoms with Crippen molar-refractivity contribution in [3.05, 3.63) is 58.8 Å². The molecule has 5 aliphatic heterocycles. The molecule has 1 amide bonds. The molecular formula is C53H74N6O6S2. The van der Waals surface area contributed by atoms with E-state index in [0.29, 0.717) is 87.0 Å². The molecule has 8 bridgehead atoms. The van der Waals surface area contributed by atoms with Gasteiger partial charge in [-0.3, -0.25) is 14.6 Å². The number of ether oxygens (including phenoxy) is 2. The van der Waals surface area contributed by atoms with Crippen molar-refractivity contribution in [3.63, 3.8) is 0 Å². The van der Waals surface area contributed by atoms with Crippen LogP contribution in [0.5, 0.6) is 11.5 Å². The normalized spacial score (nSPS) is 35.5. The van der Waals surface area contributed by atoms with Gasteiger partial charge in [0.2, 0.25) is 5.91 Å². The fraction of sp³-hybridized carbons (Fsp3) is 0.698. The number of carbonyl (C=O) groups is 2. The zero-order chi connectivity index (χ0) is 46.4. The second kappa shape index (κ2) is 18.9. The van der Waals surface area contributed by atoms with E-state index in [-0.39, 0.29) is 46.3 Å². The maximum absolute atomic E-state index is 14.5. The molecule has 1 saturated heterocycles. The minimum Gasteiger partial charge on any atom is -0.504 e. The van der Waals surface area contributed by atoms with E-state index in [0.717, 1.165) is 86.7 Å². The van der Waals surface area contributed by atoms with E-state index in [9.17, 15) is 19.8 Å². The largest absolute Gasteiger partial charge is 0.504 e. The Morgan fingerprint density at radius 1 is 0.985 bits per heavy atom. The van der Waals surface area contributed by atoms with E-state index < -0.39 is 22.7 Å². The smallest absolute Gasteiger partial charge is 0.303 e. The van der Waals surface area contributed by atoms with Gasteiger partial charge in [0.05, 0.1) is 6.10 Å². The van der Waals surface area contributed by atoms with Gasteiger partial charge in [-0.15, -0.1) is 0 Å². The summed E-state index contributed by atoms with van der Waals surface area (Å²) in [4.78, 5) is 38.4. The molecule has 1 aromatic heterocycles. The van der Waals surface area contributed by atoms with Gasteiger partial charge in [-0.25, -0.2) is 4.98 Å². The summed E-state index contributed by atoms with van der Waals surface area (Å²) in [7, 11) is 3.97. The third kappa shape index (κ3) is 9.30. The van der Waals surface area contributed by atoms with Crippen molar-refractivity contribution in [2.24, 2.45) is 33.4 Å². The Bertz CT molecular complexity index is 2250. The molecule has 10 aliphatic rings. The van der Waals surface area contributed by atoms with Crippen LogP contribution in [0.25, 0.3) is 0 Å². The number of rotatable bonds is 3. The molecule has 5 aliphatic carbocycles. The number of aromatic nitrogens is 1. The number of benzene rings is 1. The van der Waals surface area contributed by atoms with E-state index in [1.54, 1.807) is 6.20 Å². The van der Waals surface area contributed by atoms with Crippen molar-refractivity contribution in [3.8, 4) is 11.5 Å². The predicted octanol–water partition coefficient (Wildman–Crippen LogP) is 9.39. The summed E-state index contributed by atoms with van der Waals surface area (Å²) in [5.41, 5.74) is 15.4. The number of aryl methyl sites for hydroxylation is 1. The van der Waals surface area contributed by atoms with Crippen LogP contribution in [0.4, 0.5) is 5.82 Å². The second-order valence-electron chi connectivity index (χ2n) is 22.2. The monoisotopic (exact) mass is 955 g/mol. The lowest BCUT2D eigenvalue weighted by atomic mass is 9.72. The number of esters is 1. The van der Waals surface area contributed by atoms with Crippen LogP contribution in [0, 0.1) is 22.7 Å². The lowest BCUT2D eigenvalue weighted by Gasteiger charge is -2.44. The van der Waals surface area contributed by atoms with Gasteiger partial charge in [-0.1, -0.05) is 53.3 Å². The van der Waals surface area contributed by atoms with Gasteiger partial charge in [0.1, 0.15) is 21.9 Å². The molecule has 5 fully saturated rings. The third-order valence-electron chi connectivity index (χ3n) is 17.9. The molecule has 8 unspecified atom stereocenters. The average Bonchev–Trinajstić information content (AvgIpc) is 4.04. The number of aromatic hydroxyl groups is 1. The van der Waals surface area contributed by atoms with E-state index >= 15 is 0 Å². The van der Waals surface area contributed by atoms with Crippen molar-refractivity contribution in [1.82, 2.24) is 15.2 Å². The first-order valence-corrected chi connectivity index (χ1v) is 28.1. The highest BCUT2D eigenvalue weighted by atomic mass is 33.1. The first kappa shape index (κ1) is 47.1. The SMILES string of the molecule is CC(=O)OC12CCc3cc(c(O)c4c3C3C=CC5(CCCC5C3)O4)CN3CC(Cc4ccnc(N)c4)(CCN=C(N)NC4(CCCC45CCCC5)SSCCCCCC(CC1)C(O)C2)CC3=O. The molecule has 12 nitrogen and oxygen atoms in total. The van der Waals surface area contributed by atoms with Gasteiger partial charge in [0.25, 0.3) is 0 Å². The topological polar surface area (TPSA) is 186 Å². The quantitative estimate of drug-likeness (QED) is 0.112. The highest BCUT2D eigenvalue weighted by Crippen LogP contribution is 2.63. The van der Waals surface area contributed by atoms with Gasteiger partial charge >= 0.3 is 5.97 Å². The first-order valence-electron chi connectivity index (χ1n) is 25.8. The third-order valence-corrected chi connectivity index (χ3v) is 21.2. The summed E-state index contributed by atoms with van der Waals surface area (Å²) < 4.78 is 13.4. The summed E-state index contributed by atoms with van der Waals surface area (Å²) >= 11 is 0. The Hall–Kier alpha value is -3.62. The Balaban J connectivity index is 0.998. The maximum atomic E-state index is 14.5. The highest BCUT2D eigenvalue weighted by molar-refractivity contribution is 8.77. The number of pyridine rings is 1. The molecule has 8 atom stereocenters. The number of phenolic OH excluding ortho intramolecular Hbond substituents is 1. The molecule has 364 valence electrons. The second-order valence-corrected chi connectivity index (χ2v) is 25.0. The Morgan fingerprint density at radius 2 is 1.84 bits per heavy atom. The van der Waals surface area contributed by atoms with Crippen LogP contribution in [0.2, 0.25) is 0 Å². The number of nitrogen functional groups attached to an aromatic ring is 1. The highest BCUT2D eigenvalue weighted by Gasteiger charge is 2.57. The van der Waals surface area contributed by atoms with Crippen LogP contribution >= 0.6 is 21.6 Å². The van der Waals surface area contributed by atoms with Crippen molar-refractivity contribution < 1.29 is 29.3 Å². The maximum Gasteiger partial charge on any atom is 0.303 e. The van der Waals surface area contributed by atoms with Gasteiger partial charge < -0.3 is 41.4 Å². The van der Waals surface area contributed by atoms with Crippen LogP contribution < -0.4 is 21.5 Å². The Labute approximate surface area is 405 Å². The number of nitrogens with one attached hydrogen (secondary N) is 1. The summed E-state index contributed by atoms with van der Waals surface area (Å²) in [6.07, 6.45) is 27.1. The Morgan fingerprint density at radius 3 is 2.66 bits per heavy atom. The van der Waals surface area contributed by atoms with Crippen molar-refractivity contribution in [2.45, 2.75) is 189 Å². The number of phenols is 1. The number of hydrogen-bond acceptors (Lipinski definition) is 13. The number of nitrogens with zero attached hydrogens (tertiary/aromatic N) is 3. The summed E-state index contributed by atoms with van der Waals surface area (Å²) in [5, 5.41) is 28.1. The molecule has 6 heterocycles. The van der Waals surface area contributed by atoms with Crippen molar-refractivity contribution in [1.29, 1.82) is 0 Å². The zero-order valence-corrected chi connectivity index (χ0v) is 41.3. The first-order chi connectivity index (χ1) is 32.3. The number of aliphatic hydroxyl groups excluding tert-OH is 1. The molecule has 12 rings (SSSR count). The lowest BCUT2D eigenvalue weighted by Crippen LogP contribution is -2.55. The van der Waals surface area contributed by atoms with Crippen LogP contribution in [0.3, 0.4) is 0 Å². The van der Waals surface area contributed by atoms with Crippen LogP contribution in [0.1, 0.15) is 170 Å². The summed E-state index contributed by atoms with van der Waals surface area (Å²) in [6, 6.07) is 6.00. The number of anilines is 1. The molecule has 67 heavy (non-hydrogen) atoms. The van der Waals surface area contributed by atoms with Gasteiger partial charge in [0.15, 0.2) is 17.5 Å². The molecule has 14 heteroatoms. The number of nitrogens with two attached hydrogens (primary N) is 2. The number of carbonyl (C=O) groups excluding carboxylic acids is 2. The number of aliphatic hydroxyl groups is 1. The van der Waals surface area contributed by atoms with Gasteiger partial charge in [0, 0.05) is 85.1 Å². The molecule has 2 aromatic rings. The zero-order valence-electron chi connectivity index (χ0n) is 39.7. The molecule has 0 radical (unpaired) electrons. The molecule has 7 N–H and O–H groups in total. The van der Waals surface area contributed by atoms with Crippen LogP contribution in [-0.2, 0) is 33.7 Å². The predicted molar refractivity (Wildman–Crippen MR) is 267 cm³/mol. The Kier molecular flexibility index (Phi) is 13.3. The van der Waals surface area contributed by atoms with E-state index in [1.165, 1.54) is 45.4 Å². The number of hydrogen-bond donors (Lipinski definition) is 5. The fourth-order valence-corrected chi connectivity index (χ4v) is 18.2. The fourth-order valence-electron chi connectivity index (χ4n) is 14.6. The number of guanidine groups is 1. The molecule has 1 aromatic carbocycles. The van der Waals surface area contributed by atoms with Crippen LogP contribution in [-0.4, -0.2) is 79.0 Å². The molecule has 3 spiro atoms. The number of amides is 1. The standard InChI is InChI=1S/C53H74N6O6S2/c1-35(60)64-51-20-11-37(42(61)31-51)9-3-2-6-26-66-67-53(19-8-17-50(53)15-4-5-16-50)58-48(55)57-25-23-49(30-36-14-24-56-43(54)27-36)32-44(62)59(34-49)33-40-28-38(12-21-51)45-39-13-22-52(65-47(45)46(40)63)18-7-10-41(52)29-39/h13-14,22,24,27-28,37,39,41-42,61,63H,2-12,15-21,23,25-26,29-34H2,1H3,(H2,54,56)(H3,55,57,58). The number of aliphatic imine (C=N–C) groups is 1. The minimum absolute atomic E-state index is 0.0310. The van der Waals surface area contributed by atoms with Gasteiger partial charge in [-0.05, 0) is 150 Å². The van der Waals surface area contributed by atoms with Crippen molar-refractivity contribution in [2.75, 3.05) is 24.6 Å². The minimum atomic E-state index is -0.798. The lowest BCUT2D eigenvalue weighted by molar-refractivity contribution is -0.168. The van der Waals surface area contributed by atoms with E-state index in [2.05, 4.69) is 28.5 Å². The summed E-state index contributed by atoms with van der Waals surface area (Å²) in [5.74, 6) is 2.98. The average molecular weight is 955 g/mol.